The topological polar surface area (TPSA) is 163 Å². The van der Waals surface area contributed by atoms with Gasteiger partial charge in [0.15, 0.2) is 16.9 Å². The Morgan fingerprint density at radius 2 is 1.95 bits per heavy atom. The van der Waals surface area contributed by atoms with Gasteiger partial charge in [-0.25, -0.2) is 24.5 Å². The van der Waals surface area contributed by atoms with Crippen LogP contribution >= 0.6 is 0 Å². The zero-order valence-electron chi connectivity index (χ0n) is 19.4. The summed E-state index contributed by atoms with van der Waals surface area (Å²) in [5, 5.41) is 14.6. The van der Waals surface area contributed by atoms with E-state index in [1.165, 1.54) is 13.1 Å². The number of nitrogen functional groups attached to an aromatic ring is 1. The lowest BCUT2D eigenvalue weighted by Gasteiger charge is -2.19. The molecule has 38 heavy (non-hydrogen) atoms. The zero-order chi connectivity index (χ0) is 27.0. The number of nitrogens with one attached hydrogen (secondary N) is 1. The molecular weight excluding hydrogens is 519 g/mol. The van der Waals surface area contributed by atoms with Crippen LogP contribution in [0.25, 0.3) is 17.2 Å². The molecular formula is C21H17F5N10O2. The number of hydrogen-bond donors (Lipinski definition) is 2. The number of amides is 1. The third-order valence-corrected chi connectivity index (χ3v) is 6.57. The molecule has 0 radical (unpaired) electrons. The molecule has 6 rings (SSSR count). The molecule has 1 fully saturated rings. The Bertz CT molecular complexity index is 1590. The molecule has 1 atom stereocenters. The molecule has 4 aromatic heterocycles. The number of rotatable bonds is 6. The molecule has 17 heteroatoms. The van der Waals surface area contributed by atoms with Crippen LogP contribution in [0.1, 0.15) is 55.1 Å². The number of aromatic nitrogens is 8. The van der Waals surface area contributed by atoms with Gasteiger partial charge in [0, 0.05) is 12.3 Å². The van der Waals surface area contributed by atoms with Crippen LogP contribution in [0.4, 0.5) is 33.6 Å². The molecule has 5 heterocycles. The first-order chi connectivity index (χ1) is 17.9. The number of hydrogen-bond acceptors (Lipinski definition) is 10. The lowest BCUT2D eigenvalue weighted by molar-refractivity contribution is -0.284. The molecule has 1 unspecified atom stereocenters. The van der Waals surface area contributed by atoms with Gasteiger partial charge in [0.1, 0.15) is 23.7 Å². The van der Waals surface area contributed by atoms with Gasteiger partial charge in [-0.1, -0.05) is 0 Å². The summed E-state index contributed by atoms with van der Waals surface area (Å²) in [5.41, 5.74) is 4.73. The average Bonchev–Trinajstić information content (AvgIpc) is 3.26. The van der Waals surface area contributed by atoms with Crippen LogP contribution in [0.2, 0.25) is 0 Å². The van der Waals surface area contributed by atoms with Crippen molar-refractivity contribution >= 4 is 23.2 Å². The van der Waals surface area contributed by atoms with E-state index >= 15 is 0 Å². The maximum Gasteiger partial charge on any atom is 0.453 e. The molecule has 1 saturated carbocycles. The fraction of sp³-hybridized carbons (Fsp3) is 0.429. The quantitative estimate of drug-likeness (QED) is 0.350. The van der Waals surface area contributed by atoms with Crippen molar-refractivity contribution in [3.8, 4) is 11.5 Å². The number of carbonyl (C=O) groups is 1. The number of nitrogens with zero attached hydrogens (tertiary/aromatic N) is 8. The Morgan fingerprint density at radius 1 is 1.18 bits per heavy atom. The zero-order valence-corrected chi connectivity index (χ0v) is 19.4. The van der Waals surface area contributed by atoms with Crippen LogP contribution in [0.3, 0.4) is 0 Å². The monoisotopic (exact) mass is 536 g/mol. The highest BCUT2D eigenvalue weighted by molar-refractivity contribution is 6.08. The van der Waals surface area contributed by atoms with Crippen molar-refractivity contribution in [2.45, 2.75) is 56.0 Å². The minimum absolute atomic E-state index is 0.00963. The van der Waals surface area contributed by atoms with Gasteiger partial charge in [0.25, 0.3) is 0 Å². The van der Waals surface area contributed by atoms with Crippen molar-refractivity contribution in [2.75, 3.05) is 11.1 Å². The Hall–Kier alpha value is -4.31. The molecule has 198 valence electrons. The van der Waals surface area contributed by atoms with Crippen molar-refractivity contribution in [3.63, 3.8) is 0 Å². The van der Waals surface area contributed by atoms with E-state index in [2.05, 4.69) is 40.5 Å². The third kappa shape index (κ3) is 3.63. The minimum Gasteiger partial charge on any atom is -0.423 e. The highest BCUT2D eigenvalue weighted by atomic mass is 19.4. The second-order valence-corrected chi connectivity index (χ2v) is 9.26. The van der Waals surface area contributed by atoms with E-state index in [9.17, 15) is 26.7 Å². The number of carbonyl (C=O) groups excluding carboxylic acids is 1. The molecule has 2 aliphatic rings. The summed E-state index contributed by atoms with van der Waals surface area (Å²) in [4.78, 5) is 29.7. The Balaban J connectivity index is 1.39. The second-order valence-electron chi connectivity index (χ2n) is 9.26. The van der Waals surface area contributed by atoms with Crippen molar-refractivity contribution in [1.82, 2.24) is 39.7 Å². The predicted molar refractivity (Wildman–Crippen MR) is 117 cm³/mol. The molecule has 1 aliphatic carbocycles. The Kier molecular flexibility index (Phi) is 4.97. The van der Waals surface area contributed by atoms with Gasteiger partial charge in [-0.2, -0.15) is 27.1 Å². The largest absolute Gasteiger partial charge is 0.453 e. The molecule has 1 amide bonds. The number of halogens is 5. The van der Waals surface area contributed by atoms with E-state index in [0.717, 1.165) is 23.7 Å². The molecule has 1 aliphatic heterocycles. The van der Waals surface area contributed by atoms with Crippen LogP contribution in [-0.2, 0) is 16.6 Å². The van der Waals surface area contributed by atoms with E-state index in [4.69, 9.17) is 10.2 Å². The van der Waals surface area contributed by atoms with Gasteiger partial charge >= 0.3 is 12.1 Å². The fourth-order valence-corrected chi connectivity index (χ4v) is 4.24. The van der Waals surface area contributed by atoms with Crippen LogP contribution in [0.5, 0.6) is 0 Å². The van der Waals surface area contributed by atoms with Crippen molar-refractivity contribution in [3.05, 3.63) is 35.6 Å². The van der Waals surface area contributed by atoms with Crippen molar-refractivity contribution in [1.29, 1.82) is 0 Å². The average molecular weight is 536 g/mol. The lowest BCUT2D eigenvalue weighted by atomic mass is 9.84. The van der Waals surface area contributed by atoms with Crippen LogP contribution < -0.4 is 11.1 Å². The molecule has 0 bridgehead atoms. The standard InChI is InChI=1S/C21H17F5N10O2/c1-19(18-35-34-16(38-18)8-2-3-8)11-12(27)31-13(32-14(11)33-17(19)37)10-6-36-15(28-7-29-36)9(30-10)4-5-20(22,23)21(24,25)26/h6-8H,2-5H2,1H3,(H3,27,31,32,33,37). The van der Waals surface area contributed by atoms with E-state index in [-0.39, 0.29) is 51.9 Å². The summed E-state index contributed by atoms with van der Waals surface area (Å²) >= 11 is 0. The van der Waals surface area contributed by atoms with Gasteiger partial charge in [0.05, 0.1) is 17.5 Å². The predicted octanol–water partition coefficient (Wildman–Crippen LogP) is 2.81. The highest BCUT2D eigenvalue weighted by Gasteiger charge is 2.57. The van der Waals surface area contributed by atoms with Crippen LogP contribution in [-0.4, -0.2) is 57.8 Å². The first-order valence-corrected chi connectivity index (χ1v) is 11.4. The first kappa shape index (κ1) is 24.1. The van der Waals surface area contributed by atoms with E-state index in [1.807, 2.05) is 0 Å². The number of alkyl halides is 5. The molecule has 3 N–H and O–H groups in total. The van der Waals surface area contributed by atoms with Crippen molar-refractivity contribution < 1.29 is 31.2 Å². The smallest absolute Gasteiger partial charge is 0.423 e. The molecule has 0 spiro atoms. The van der Waals surface area contributed by atoms with Gasteiger partial charge < -0.3 is 15.5 Å². The summed E-state index contributed by atoms with van der Waals surface area (Å²) in [6, 6.07) is 0. The SMILES string of the molecule is CC1(c2nnc(C3CC3)o2)C(=O)Nc2nc(-c3cn4ncnc4c(CCC(F)(F)C(F)(F)F)n3)nc(N)c21. The van der Waals surface area contributed by atoms with Gasteiger partial charge in [-0.3, -0.25) is 4.79 Å². The Morgan fingerprint density at radius 3 is 2.66 bits per heavy atom. The summed E-state index contributed by atoms with van der Waals surface area (Å²) < 4.78 is 72.1. The molecule has 0 aromatic carbocycles. The van der Waals surface area contributed by atoms with E-state index in [0.29, 0.717) is 5.89 Å². The molecule has 12 nitrogen and oxygen atoms in total. The first-order valence-electron chi connectivity index (χ1n) is 11.4. The molecule has 4 aromatic rings. The lowest BCUT2D eigenvalue weighted by Crippen LogP contribution is -2.36. The van der Waals surface area contributed by atoms with Gasteiger partial charge in [0.2, 0.25) is 17.7 Å². The van der Waals surface area contributed by atoms with Crippen LogP contribution in [0.15, 0.2) is 16.9 Å². The second kappa shape index (κ2) is 7.84. The normalized spacial score (nSPS) is 19.7. The summed E-state index contributed by atoms with van der Waals surface area (Å²) in [7, 11) is 0. The highest BCUT2D eigenvalue weighted by Crippen LogP contribution is 2.46. The summed E-state index contributed by atoms with van der Waals surface area (Å²) in [6.45, 7) is 1.54. The summed E-state index contributed by atoms with van der Waals surface area (Å²) in [5.74, 6) is -5.08. The number of anilines is 2. The fourth-order valence-electron chi connectivity index (χ4n) is 4.24. The maximum absolute atomic E-state index is 13.6. The van der Waals surface area contributed by atoms with Crippen LogP contribution in [0, 0.1) is 0 Å². The van der Waals surface area contributed by atoms with E-state index < -0.39 is 36.3 Å². The summed E-state index contributed by atoms with van der Waals surface area (Å²) in [6.07, 6.45) is -3.80. The minimum atomic E-state index is -5.71. The number of fused-ring (bicyclic) bond motifs is 2. The van der Waals surface area contributed by atoms with Gasteiger partial charge in [-0.15, -0.1) is 10.2 Å². The third-order valence-electron chi connectivity index (χ3n) is 6.57. The molecule has 0 saturated heterocycles. The van der Waals surface area contributed by atoms with Gasteiger partial charge in [-0.05, 0) is 26.2 Å². The number of aryl methyl sites for hydroxylation is 1. The Labute approximate surface area is 208 Å². The van der Waals surface area contributed by atoms with E-state index in [1.54, 1.807) is 0 Å². The number of nitrogens with two attached hydrogens (primary N) is 1. The maximum atomic E-state index is 13.6. The van der Waals surface area contributed by atoms with Crippen molar-refractivity contribution in [2.24, 2.45) is 0 Å².